The Balaban J connectivity index is 1.66. The molecule has 1 amide bonds. The fourth-order valence-corrected chi connectivity index (χ4v) is 4.54. The first kappa shape index (κ1) is 17.9. The lowest BCUT2D eigenvalue weighted by atomic mass is 10.2. The number of hydrogen-bond donors (Lipinski definition) is 0. The summed E-state index contributed by atoms with van der Waals surface area (Å²) in [5.41, 5.74) is 0. The number of carbonyl (C=O) groups excluding carboxylic acids is 1. The van der Waals surface area contributed by atoms with Gasteiger partial charge in [0.1, 0.15) is 6.04 Å². The summed E-state index contributed by atoms with van der Waals surface area (Å²) in [6, 6.07) is 7.56. The van der Waals surface area contributed by atoms with Gasteiger partial charge in [0.2, 0.25) is 15.9 Å². The molecule has 2 aromatic rings. The molecule has 0 aliphatic carbocycles. The Morgan fingerprint density at radius 1 is 1.20 bits per heavy atom. The maximum absolute atomic E-state index is 12.7. The van der Waals surface area contributed by atoms with Gasteiger partial charge in [0, 0.05) is 43.6 Å². The van der Waals surface area contributed by atoms with Gasteiger partial charge in [0.05, 0.1) is 4.90 Å². The Bertz CT molecular complexity index is 846. The van der Waals surface area contributed by atoms with E-state index in [4.69, 9.17) is 11.6 Å². The predicted molar refractivity (Wildman–Crippen MR) is 93.7 cm³/mol. The van der Waals surface area contributed by atoms with E-state index in [0.29, 0.717) is 18.1 Å². The predicted octanol–water partition coefficient (Wildman–Crippen LogP) is 1.63. The van der Waals surface area contributed by atoms with Gasteiger partial charge in [-0.1, -0.05) is 17.7 Å². The maximum atomic E-state index is 12.7. The van der Waals surface area contributed by atoms with Crippen LogP contribution >= 0.6 is 11.6 Å². The minimum atomic E-state index is -3.60. The van der Waals surface area contributed by atoms with E-state index in [9.17, 15) is 13.2 Å². The number of aromatic nitrogens is 2. The first-order valence-corrected chi connectivity index (χ1v) is 9.75. The minimum absolute atomic E-state index is 0.0662. The number of benzene rings is 1. The van der Waals surface area contributed by atoms with Crippen molar-refractivity contribution in [3.63, 3.8) is 0 Å². The third kappa shape index (κ3) is 3.70. The van der Waals surface area contributed by atoms with Gasteiger partial charge in [0.15, 0.2) is 0 Å². The van der Waals surface area contributed by atoms with Gasteiger partial charge in [-0.3, -0.25) is 9.48 Å². The third-order valence-electron chi connectivity index (χ3n) is 4.26. The molecule has 7 nitrogen and oxygen atoms in total. The average molecular weight is 383 g/mol. The molecule has 1 aromatic heterocycles. The zero-order valence-electron chi connectivity index (χ0n) is 13.7. The molecule has 1 aromatic carbocycles. The van der Waals surface area contributed by atoms with E-state index in [1.807, 2.05) is 0 Å². The Morgan fingerprint density at radius 3 is 2.52 bits per heavy atom. The van der Waals surface area contributed by atoms with Crippen molar-refractivity contribution >= 4 is 27.5 Å². The Hall–Kier alpha value is -1.90. The first-order valence-electron chi connectivity index (χ1n) is 7.93. The molecule has 0 N–H and O–H groups in total. The quantitative estimate of drug-likeness (QED) is 0.805. The van der Waals surface area contributed by atoms with E-state index in [-0.39, 0.29) is 23.9 Å². The largest absolute Gasteiger partial charge is 0.338 e. The molecule has 25 heavy (non-hydrogen) atoms. The summed E-state index contributed by atoms with van der Waals surface area (Å²) >= 11 is 5.89. The molecule has 1 aliphatic heterocycles. The summed E-state index contributed by atoms with van der Waals surface area (Å²) in [7, 11) is -3.60. The van der Waals surface area contributed by atoms with Crippen LogP contribution in [-0.4, -0.2) is 59.5 Å². The molecule has 0 saturated carbocycles. The van der Waals surface area contributed by atoms with E-state index in [1.165, 1.54) is 16.4 Å². The highest BCUT2D eigenvalue weighted by Crippen LogP contribution is 2.21. The Morgan fingerprint density at radius 2 is 1.92 bits per heavy atom. The SMILES string of the molecule is CC(C(=O)N1CCN(S(=O)(=O)c2cccc(Cl)c2)CC1)n1cccn1. The summed E-state index contributed by atoms with van der Waals surface area (Å²) in [5, 5.41) is 4.46. The number of rotatable bonds is 4. The Labute approximate surface area is 151 Å². The lowest BCUT2D eigenvalue weighted by Gasteiger charge is -2.35. The number of carbonyl (C=O) groups is 1. The number of halogens is 1. The number of hydrogen-bond acceptors (Lipinski definition) is 4. The summed E-state index contributed by atoms with van der Waals surface area (Å²) in [6.45, 7) is 3.00. The number of piperazine rings is 1. The molecule has 9 heteroatoms. The monoisotopic (exact) mass is 382 g/mol. The van der Waals surface area contributed by atoms with Crippen LogP contribution in [0.4, 0.5) is 0 Å². The van der Waals surface area contributed by atoms with Crippen molar-refractivity contribution in [2.75, 3.05) is 26.2 Å². The fraction of sp³-hybridized carbons (Fsp3) is 0.375. The highest BCUT2D eigenvalue weighted by molar-refractivity contribution is 7.89. The lowest BCUT2D eigenvalue weighted by Crippen LogP contribution is -2.51. The van der Waals surface area contributed by atoms with Crippen LogP contribution in [0.15, 0.2) is 47.6 Å². The van der Waals surface area contributed by atoms with Crippen LogP contribution < -0.4 is 0 Å². The number of nitrogens with zero attached hydrogens (tertiary/aromatic N) is 4. The molecule has 3 rings (SSSR count). The topological polar surface area (TPSA) is 75.5 Å². The molecule has 2 heterocycles. The van der Waals surface area contributed by atoms with Crippen molar-refractivity contribution in [3.05, 3.63) is 47.7 Å². The van der Waals surface area contributed by atoms with Gasteiger partial charge in [-0.15, -0.1) is 0 Å². The molecule has 0 radical (unpaired) electrons. The first-order chi connectivity index (χ1) is 11.9. The van der Waals surface area contributed by atoms with E-state index >= 15 is 0 Å². The van der Waals surface area contributed by atoms with Crippen molar-refractivity contribution in [1.82, 2.24) is 19.0 Å². The van der Waals surface area contributed by atoms with Crippen molar-refractivity contribution in [3.8, 4) is 0 Å². The van der Waals surface area contributed by atoms with Crippen LogP contribution in [-0.2, 0) is 14.8 Å². The van der Waals surface area contributed by atoms with Gasteiger partial charge < -0.3 is 4.90 Å². The molecule has 0 bridgehead atoms. The normalized spacial score (nSPS) is 17.4. The molecule has 1 unspecified atom stereocenters. The van der Waals surface area contributed by atoms with E-state index in [1.54, 1.807) is 47.1 Å². The number of sulfonamides is 1. The van der Waals surface area contributed by atoms with Gasteiger partial charge in [-0.2, -0.15) is 9.40 Å². The molecule has 1 fully saturated rings. The van der Waals surface area contributed by atoms with Crippen LogP contribution in [0.1, 0.15) is 13.0 Å². The van der Waals surface area contributed by atoms with Crippen LogP contribution in [0.5, 0.6) is 0 Å². The molecule has 134 valence electrons. The van der Waals surface area contributed by atoms with E-state index < -0.39 is 16.1 Å². The molecule has 0 spiro atoms. The van der Waals surface area contributed by atoms with E-state index in [0.717, 1.165) is 0 Å². The van der Waals surface area contributed by atoms with Gasteiger partial charge in [-0.25, -0.2) is 8.42 Å². The smallest absolute Gasteiger partial charge is 0.247 e. The van der Waals surface area contributed by atoms with Gasteiger partial charge >= 0.3 is 0 Å². The summed E-state index contributed by atoms with van der Waals surface area (Å²) < 4.78 is 28.4. The summed E-state index contributed by atoms with van der Waals surface area (Å²) in [6.07, 6.45) is 3.36. The van der Waals surface area contributed by atoms with Crippen LogP contribution in [0.2, 0.25) is 5.02 Å². The molecule has 1 saturated heterocycles. The highest BCUT2D eigenvalue weighted by atomic mass is 35.5. The second kappa shape index (κ2) is 7.15. The average Bonchev–Trinajstić information content (AvgIpc) is 3.15. The van der Waals surface area contributed by atoms with E-state index in [2.05, 4.69) is 5.10 Å². The van der Waals surface area contributed by atoms with Crippen LogP contribution in [0, 0.1) is 0 Å². The van der Waals surface area contributed by atoms with Crippen molar-refractivity contribution in [2.24, 2.45) is 0 Å². The van der Waals surface area contributed by atoms with Crippen LogP contribution in [0.3, 0.4) is 0 Å². The minimum Gasteiger partial charge on any atom is -0.338 e. The fourth-order valence-electron chi connectivity index (χ4n) is 2.81. The van der Waals surface area contributed by atoms with Gasteiger partial charge in [-0.05, 0) is 31.2 Å². The van der Waals surface area contributed by atoms with Crippen molar-refractivity contribution in [2.45, 2.75) is 17.9 Å². The second-order valence-electron chi connectivity index (χ2n) is 5.85. The zero-order valence-corrected chi connectivity index (χ0v) is 15.3. The molecule has 1 aliphatic rings. The second-order valence-corrected chi connectivity index (χ2v) is 8.22. The third-order valence-corrected chi connectivity index (χ3v) is 6.39. The molecule has 1 atom stereocenters. The number of amides is 1. The maximum Gasteiger partial charge on any atom is 0.247 e. The van der Waals surface area contributed by atoms with Gasteiger partial charge in [0.25, 0.3) is 0 Å². The summed E-state index contributed by atoms with van der Waals surface area (Å²) in [5.74, 6) is -0.0662. The summed E-state index contributed by atoms with van der Waals surface area (Å²) in [4.78, 5) is 14.4. The molecular weight excluding hydrogens is 364 g/mol. The standard InChI is InChI=1S/C16H19ClN4O3S/c1-13(21-7-3-6-18-21)16(22)19-8-10-20(11-9-19)25(23,24)15-5-2-4-14(17)12-15/h2-7,12-13H,8-11H2,1H3. The lowest BCUT2D eigenvalue weighted by molar-refractivity contribution is -0.135. The Kier molecular flexibility index (Phi) is 5.12. The van der Waals surface area contributed by atoms with Crippen LogP contribution in [0.25, 0.3) is 0 Å². The highest BCUT2D eigenvalue weighted by Gasteiger charge is 2.32. The van der Waals surface area contributed by atoms with Crippen molar-refractivity contribution < 1.29 is 13.2 Å². The zero-order chi connectivity index (χ0) is 18.0. The molecular formula is C16H19ClN4O3S. The van der Waals surface area contributed by atoms with Crippen molar-refractivity contribution in [1.29, 1.82) is 0 Å².